The first-order valence-electron chi connectivity index (χ1n) is 10.1. The Morgan fingerprint density at radius 3 is 2.54 bits per heavy atom. The van der Waals surface area contributed by atoms with Crippen LogP contribution in [0.2, 0.25) is 0 Å². The van der Waals surface area contributed by atoms with Crippen molar-refractivity contribution in [3.8, 4) is 0 Å². The van der Waals surface area contributed by atoms with E-state index in [0.29, 0.717) is 52.5 Å². The highest BCUT2D eigenvalue weighted by Crippen LogP contribution is 2.35. The van der Waals surface area contributed by atoms with E-state index in [1.807, 2.05) is 19.0 Å². The summed E-state index contributed by atoms with van der Waals surface area (Å²) in [6, 6.07) is 0.964. The van der Waals surface area contributed by atoms with Gasteiger partial charge >= 0.3 is 12.2 Å². The fourth-order valence-corrected chi connectivity index (χ4v) is 3.39. The number of aryl methyl sites for hydroxylation is 2. The zero-order chi connectivity index (χ0) is 25.2. The van der Waals surface area contributed by atoms with Gasteiger partial charge in [0.1, 0.15) is 5.82 Å². The second-order valence-corrected chi connectivity index (χ2v) is 7.75. The van der Waals surface area contributed by atoms with Gasteiger partial charge < -0.3 is 15.5 Å². The van der Waals surface area contributed by atoms with E-state index in [2.05, 4.69) is 20.7 Å². The van der Waals surface area contributed by atoms with Crippen LogP contribution in [0.15, 0.2) is 24.4 Å². The third-order valence-electron chi connectivity index (χ3n) is 4.97. The number of halogens is 5. The molecule has 14 heteroatoms. The van der Waals surface area contributed by atoms with Crippen molar-refractivity contribution in [3.05, 3.63) is 41.5 Å². The lowest BCUT2D eigenvalue weighted by molar-refractivity contribution is -0.139. The van der Waals surface area contributed by atoms with Gasteiger partial charge in [-0.05, 0) is 39.2 Å². The minimum atomic E-state index is -4.95. The maximum absolute atomic E-state index is 13.6. The molecule has 0 radical (unpaired) electrons. The van der Waals surface area contributed by atoms with E-state index in [0.717, 1.165) is 6.07 Å². The molecule has 0 aliphatic heterocycles. The molecule has 3 amide bonds. The Labute approximate surface area is 204 Å². The third-order valence-corrected chi connectivity index (χ3v) is 4.97. The van der Waals surface area contributed by atoms with Crippen molar-refractivity contribution in [2.24, 2.45) is 7.05 Å². The third kappa shape index (κ3) is 5.98. The van der Waals surface area contributed by atoms with Crippen LogP contribution in [0.5, 0.6) is 0 Å². The normalized spacial score (nSPS) is 11.3. The van der Waals surface area contributed by atoms with Crippen molar-refractivity contribution in [1.29, 1.82) is 0 Å². The van der Waals surface area contributed by atoms with Crippen LogP contribution in [0.25, 0.3) is 11.0 Å². The van der Waals surface area contributed by atoms with Crippen LogP contribution in [-0.4, -0.2) is 59.3 Å². The van der Waals surface area contributed by atoms with Gasteiger partial charge in [-0.25, -0.2) is 19.1 Å². The number of hydrogen-bond donors (Lipinski definition) is 2. The lowest BCUT2D eigenvalue weighted by atomic mass is 10.1. The van der Waals surface area contributed by atoms with Crippen molar-refractivity contribution in [2.45, 2.75) is 13.1 Å². The van der Waals surface area contributed by atoms with Crippen LogP contribution in [0.4, 0.5) is 39.4 Å². The van der Waals surface area contributed by atoms with E-state index in [9.17, 15) is 27.2 Å². The molecule has 3 aromatic rings. The molecule has 2 heterocycles. The molecule has 1 aromatic carbocycles. The Balaban J connectivity index is 0.00000432. The second-order valence-electron chi connectivity index (χ2n) is 7.75. The number of pyridine rings is 1. The van der Waals surface area contributed by atoms with Gasteiger partial charge in [-0.15, -0.1) is 12.4 Å². The molecule has 3 rings (SSSR count). The molecule has 0 unspecified atom stereocenters. The molecule has 0 spiro atoms. The van der Waals surface area contributed by atoms with Crippen molar-refractivity contribution < 1.29 is 27.2 Å². The number of urea groups is 1. The average molecular weight is 518 g/mol. The highest BCUT2D eigenvalue weighted by molar-refractivity contribution is 6.16. The maximum atomic E-state index is 13.6. The summed E-state index contributed by atoms with van der Waals surface area (Å²) in [7, 11) is 5.45. The number of aromatic nitrogens is 3. The topological polar surface area (TPSA) is 95.4 Å². The van der Waals surface area contributed by atoms with Crippen LogP contribution in [0.3, 0.4) is 0 Å². The zero-order valence-electron chi connectivity index (χ0n) is 19.3. The predicted octanol–water partition coefficient (Wildman–Crippen LogP) is 4.02. The summed E-state index contributed by atoms with van der Waals surface area (Å²) in [6.07, 6.45) is -3.44. The Hall–Kier alpha value is -3.45. The van der Waals surface area contributed by atoms with E-state index >= 15 is 0 Å². The van der Waals surface area contributed by atoms with Crippen molar-refractivity contribution in [1.82, 2.24) is 19.7 Å². The minimum absolute atomic E-state index is 0. The van der Waals surface area contributed by atoms with E-state index < -0.39 is 23.6 Å². The number of nitrogens with one attached hydrogen (secondary N) is 2. The molecule has 0 aliphatic rings. The monoisotopic (exact) mass is 517 g/mol. The van der Waals surface area contributed by atoms with E-state index in [1.54, 1.807) is 18.7 Å². The van der Waals surface area contributed by atoms with Gasteiger partial charge in [-0.2, -0.15) is 18.3 Å². The lowest BCUT2D eigenvalue weighted by Gasteiger charge is -2.22. The Kier molecular flexibility index (Phi) is 8.63. The molecule has 190 valence electrons. The largest absolute Gasteiger partial charge is 0.419 e. The van der Waals surface area contributed by atoms with Gasteiger partial charge in [0, 0.05) is 25.8 Å². The van der Waals surface area contributed by atoms with Crippen LogP contribution in [0.1, 0.15) is 11.3 Å². The summed E-state index contributed by atoms with van der Waals surface area (Å²) >= 11 is 0. The molecule has 0 saturated carbocycles. The summed E-state index contributed by atoms with van der Waals surface area (Å²) < 4.78 is 54.2. The average Bonchev–Trinajstić information content (AvgIpc) is 3.03. The highest BCUT2D eigenvalue weighted by atomic mass is 35.5. The fourth-order valence-electron chi connectivity index (χ4n) is 3.39. The Bertz CT molecular complexity index is 1230. The van der Waals surface area contributed by atoms with E-state index in [-0.39, 0.29) is 30.2 Å². The van der Waals surface area contributed by atoms with Gasteiger partial charge in [-0.3, -0.25) is 9.48 Å². The zero-order valence-corrected chi connectivity index (χ0v) is 20.1. The maximum Gasteiger partial charge on any atom is 0.419 e. The number of nitrogens with zero attached hydrogens (tertiary/aromatic N) is 5. The number of amides is 3. The number of carbonyl (C=O) groups is 2. The predicted molar refractivity (Wildman–Crippen MR) is 127 cm³/mol. The van der Waals surface area contributed by atoms with Crippen molar-refractivity contribution in [3.63, 3.8) is 0 Å². The second kappa shape index (κ2) is 10.9. The lowest BCUT2D eigenvalue weighted by Crippen LogP contribution is -2.35. The van der Waals surface area contributed by atoms with Gasteiger partial charge in [0.05, 0.1) is 34.2 Å². The molecule has 0 bridgehead atoms. The van der Waals surface area contributed by atoms with Crippen molar-refractivity contribution in [2.75, 3.05) is 42.7 Å². The minimum Gasteiger partial charge on any atom is -0.381 e. The van der Waals surface area contributed by atoms with Crippen molar-refractivity contribution >= 4 is 52.9 Å². The van der Waals surface area contributed by atoms with E-state index in [4.69, 9.17) is 0 Å². The van der Waals surface area contributed by atoms with Crippen LogP contribution in [-0.2, 0) is 18.0 Å². The summed E-state index contributed by atoms with van der Waals surface area (Å²) in [5, 5.41) is 10.3. The Morgan fingerprint density at radius 1 is 1.26 bits per heavy atom. The summed E-state index contributed by atoms with van der Waals surface area (Å²) in [6.45, 7) is 2.83. The molecule has 35 heavy (non-hydrogen) atoms. The number of hydrogen-bond acceptors (Lipinski definition) is 6. The number of fused-ring (bicyclic) bond motifs is 1. The number of rotatable bonds is 7. The molecule has 0 saturated heterocycles. The molecule has 9 nitrogen and oxygen atoms in total. The summed E-state index contributed by atoms with van der Waals surface area (Å²) in [4.78, 5) is 31.7. The first kappa shape index (κ1) is 27.8. The molecule has 2 N–H and O–H groups in total. The number of likely N-dealkylation sites (N-methyl/N-ethyl adjacent to an activating group) is 1. The number of carbonyl (C=O) groups excluding carboxylic acids is 2. The number of benzene rings is 1. The molecular formula is C21H24ClF4N7O2. The smallest absolute Gasteiger partial charge is 0.381 e. The highest BCUT2D eigenvalue weighted by Gasteiger charge is 2.34. The number of imide groups is 1. The molecule has 0 atom stereocenters. The van der Waals surface area contributed by atoms with E-state index in [1.165, 1.54) is 6.20 Å². The van der Waals surface area contributed by atoms with Gasteiger partial charge in [0.15, 0.2) is 5.65 Å². The number of anilines is 3. The van der Waals surface area contributed by atoms with Crippen LogP contribution >= 0.6 is 12.4 Å². The molecule has 0 fully saturated rings. The SMILES string of the molecule is Cc1nn(C)c2ncc(N(C=O)C(=O)Nc3ccc(F)c(C(F)(F)F)c3)c(NCCN(C)C)c12.Cl. The molecular weight excluding hydrogens is 494 g/mol. The summed E-state index contributed by atoms with van der Waals surface area (Å²) in [5.41, 5.74) is -0.280. The first-order valence-corrected chi connectivity index (χ1v) is 10.1. The van der Waals surface area contributed by atoms with Gasteiger partial charge in [-0.1, -0.05) is 0 Å². The Morgan fingerprint density at radius 2 is 1.94 bits per heavy atom. The first-order chi connectivity index (χ1) is 15.9. The molecule has 2 aromatic heterocycles. The summed E-state index contributed by atoms with van der Waals surface area (Å²) in [5.74, 6) is -1.48. The number of alkyl halides is 3. The quantitative estimate of drug-likeness (QED) is 0.363. The molecule has 0 aliphatic carbocycles. The van der Waals surface area contributed by atoms with Crippen LogP contribution in [0, 0.1) is 12.7 Å². The fraction of sp³-hybridized carbons (Fsp3) is 0.333. The van der Waals surface area contributed by atoms with Crippen LogP contribution < -0.4 is 15.5 Å². The van der Waals surface area contributed by atoms with Gasteiger partial charge in [0.25, 0.3) is 0 Å². The standard InChI is InChI=1S/C21H23F4N7O2.ClH/c1-12-17-18(26-7-8-30(2)3)16(10-27-19(17)31(4)29-12)32(11-33)20(34)28-13-5-6-15(22)14(9-13)21(23,24)25;/h5-6,9-11H,7-8H2,1-4H3,(H,26,27)(H,28,34);1H. The van der Waals surface area contributed by atoms with Gasteiger partial charge in [0.2, 0.25) is 6.41 Å².